The SMILES string of the molecule is O=[N+]([O-])c1cc(CBr)ccc1N1CCOCC1. The van der Waals surface area contributed by atoms with Crippen LogP contribution in [-0.2, 0) is 10.1 Å². The third-order valence-corrected chi connectivity index (χ3v) is 3.39. The van der Waals surface area contributed by atoms with Crippen molar-refractivity contribution in [3.63, 3.8) is 0 Å². The van der Waals surface area contributed by atoms with E-state index in [-0.39, 0.29) is 10.6 Å². The molecule has 0 atom stereocenters. The molecule has 0 unspecified atom stereocenters. The molecule has 1 aliphatic rings. The highest BCUT2D eigenvalue weighted by atomic mass is 79.9. The molecule has 0 aromatic heterocycles. The molecule has 0 spiro atoms. The van der Waals surface area contributed by atoms with Gasteiger partial charge in [-0.2, -0.15) is 0 Å². The van der Waals surface area contributed by atoms with Crippen molar-refractivity contribution in [3.8, 4) is 0 Å². The summed E-state index contributed by atoms with van der Waals surface area (Å²) in [6, 6.07) is 5.35. The molecular weight excluding hydrogens is 288 g/mol. The average molecular weight is 301 g/mol. The maximum atomic E-state index is 11.1. The number of alkyl halides is 1. The lowest BCUT2D eigenvalue weighted by atomic mass is 10.1. The number of anilines is 1. The summed E-state index contributed by atoms with van der Waals surface area (Å²) in [6.07, 6.45) is 0. The number of rotatable bonds is 3. The highest BCUT2D eigenvalue weighted by Crippen LogP contribution is 2.30. The fourth-order valence-electron chi connectivity index (χ4n) is 1.87. The van der Waals surface area contributed by atoms with E-state index < -0.39 is 0 Å². The van der Waals surface area contributed by atoms with Gasteiger partial charge in [-0.05, 0) is 11.6 Å². The molecule has 1 aromatic carbocycles. The van der Waals surface area contributed by atoms with E-state index in [9.17, 15) is 10.1 Å². The molecule has 1 heterocycles. The molecule has 0 amide bonds. The number of morpholine rings is 1. The monoisotopic (exact) mass is 300 g/mol. The Kier molecular flexibility index (Phi) is 3.96. The highest BCUT2D eigenvalue weighted by Gasteiger charge is 2.21. The predicted molar refractivity (Wildman–Crippen MR) is 68.8 cm³/mol. The van der Waals surface area contributed by atoms with Crippen molar-refractivity contribution < 1.29 is 9.66 Å². The molecule has 2 rings (SSSR count). The Hall–Kier alpha value is -1.14. The second-order valence-electron chi connectivity index (χ2n) is 3.81. The Morgan fingerprint density at radius 3 is 2.71 bits per heavy atom. The maximum Gasteiger partial charge on any atom is 0.292 e. The Morgan fingerprint density at radius 1 is 1.41 bits per heavy atom. The van der Waals surface area contributed by atoms with E-state index in [2.05, 4.69) is 15.9 Å². The van der Waals surface area contributed by atoms with Crippen LogP contribution in [0.25, 0.3) is 0 Å². The summed E-state index contributed by atoms with van der Waals surface area (Å²) in [4.78, 5) is 12.7. The molecule has 6 heteroatoms. The highest BCUT2D eigenvalue weighted by molar-refractivity contribution is 9.08. The average Bonchev–Trinajstić information content (AvgIpc) is 2.39. The Bertz CT molecular complexity index is 419. The van der Waals surface area contributed by atoms with Crippen LogP contribution in [0.1, 0.15) is 5.56 Å². The zero-order chi connectivity index (χ0) is 12.3. The van der Waals surface area contributed by atoms with Crippen molar-refractivity contribution in [3.05, 3.63) is 33.9 Å². The van der Waals surface area contributed by atoms with Crippen molar-refractivity contribution in [2.24, 2.45) is 0 Å². The van der Waals surface area contributed by atoms with Crippen molar-refractivity contribution in [1.82, 2.24) is 0 Å². The summed E-state index contributed by atoms with van der Waals surface area (Å²) >= 11 is 3.31. The molecule has 0 bridgehead atoms. The van der Waals surface area contributed by atoms with Gasteiger partial charge < -0.3 is 9.64 Å². The van der Waals surface area contributed by atoms with Crippen LogP contribution in [-0.4, -0.2) is 31.2 Å². The molecule has 1 fully saturated rings. The molecule has 1 saturated heterocycles. The minimum absolute atomic E-state index is 0.170. The minimum atomic E-state index is -0.322. The van der Waals surface area contributed by atoms with Gasteiger partial charge in [0, 0.05) is 24.5 Å². The first-order chi connectivity index (χ1) is 8.22. The Labute approximate surface area is 108 Å². The van der Waals surface area contributed by atoms with Crippen LogP contribution in [0.2, 0.25) is 0 Å². The van der Waals surface area contributed by atoms with Crippen LogP contribution in [0.3, 0.4) is 0 Å². The van der Waals surface area contributed by atoms with Crippen LogP contribution in [0, 0.1) is 10.1 Å². The number of benzene rings is 1. The van der Waals surface area contributed by atoms with E-state index in [4.69, 9.17) is 4.74 Å². The number of nitrogens with zero attached hydrogens (tertiary/aromatic N) is 2. The number of nitro groups is 1. The van der Waals surface area contributed by atoms with E-state index in [0.717, 1.165) is 5.56 Å². The standard InChI is InChI=1S/C11H13BrN2O3/c12-8-9-1-2-10(11(7-9)14(15)16)13-3-5-17-6-4-13/h1-2,7H,3-6,8H2. The second kappa shape index (κ2) is 5.46. The molecule has 0 aliphatic carbocycles. The van der Waals surface area contributed by atoms with Crippen LogP contribution in [0.15, 0.2) is 18.2 Å². The van der Waals surface area contributed by atoms with Gasteiger partial charge in [0.2, 0.25) is 0 Å². The van der Waals surface area contributed by atoms with Crippen molar-refractivity contribution in [1.29, 1.82) is 0 Å². The van der Waals surface area contributed by atoms with Gasteiger partial charge in [0.25, 0.3) is 5.69 Å². The number of nitro benzene ring substituents is 1. The Morgan fingerprint density at radius 2 is 2.12 bits per heavy atom. The number of hydrogen-bond acceptors (Lipinski definition) is 4. The summed E-state index contributed by atoms with van der Waals surface area (Å²) in [7, 11) is 0. The van der Waals surface area contributed by atoms with Gasteiger partial charge in [-0.3, -0.25) is 10.1 Å². The van der Waals surface area contributed by atoms with E-state index in [1.54, 1.807) is 6.07 Å². The molecule has 17 heavy (non-hydrogen) atoms. The minimum Gasteiger partial charge on any atom is -0.378 e. The number of halogens is 1. The summed E-state index contributed by atoms with van der Waals surface area (Å²) < 4.78 is 5.25. The zero-order valence-corrected chi connectivity index (χ0v) is 10.9. The topological polar surface area (TPSA) is 55.6 Å². The lowest BCUT2D eigenvalue weighted by Gasteiger charge is -2.28. The normalized spacial score (nSPS) is 15.9. The van der Waals surface area contributed by atoms with Gasteiger partial charge in [0.05, 0.1) is 18.1 Å². The van der Waals surface area contributed by atoms with Crippen LogP contribution >= 0.6 is 15.9 Å². The van der Waals surface area contributed by atoms with Crippen LogP contribution in [0.4, 0.5) is 11.4 Å². The second-order valence-corrected chi connectivity index (χ2v) is 4.37. The van der Waals surface area contributed by atoms with Crippen molar-refractivity contribution >= 4 is 27.3 Å². The third kappa shape index (κ3) is 2.76. The van der Waals surface area contributed by atoms with Gasteiger partial charge in [-0.1, -0.05) is 22.0 Å². The molecule has 1 aliphatic heterocycles. The van der Waals surface area contributed by atoms with Gasteiger partial charge in [0.15, 0.2) is 0 Å². The molecule has 92 valence electrons. The van der Waals surface area contributed by atoms with Gasteiger partial charge >= 0.3 is 0 Å². The first-order valence-corrected chi connectivity index (χ1v) is 6.50. The lowest BCUT2D eigenvalue weighted by Crippen LogP contribution is -2.36. The first kappa shape index (κ1) is 12.3. The number of ether oxygens (including phenoxy) is 1. The molecule has 0 N–H and O–H groups in total. The maximum absolute atomic E-state index is 11.1. The summed E-state index contributed by atoms with van der Waals surface area (Å²) in [5, 5.41) is 11.7. The molecule has 1 aromatic rings. The van der Waals surface area contributed by atoms with Crippen LogP contribution in [0.5, 0.6) is 0 Å². The molecule has 0 radical (unpaired) electrons. The predicted octanol–water partition coefficient (Wildman–Crippen LogP) is 2.33. The quantitative estimate of drug-likeness (QED) is 0.488. The van der Waals surface area contributed by atoms with Gasteiger partial charge in [-0.25, -0.2) is 0 Å². The smallest absolute Gasteiger partial charge is 0.292 e. The summed E-state index contributed by atoms with van der Waals surface area (Å²) in [5.41, 5.74) is 1.76. The third-order valence-electron chi connectivity index (χ3n) is 2.74. The Balaban J connectivity index is 2.34. The fraction of sp³-hybridized carbons (Fsp3) is 0.455. The van der Waals surface area contributed by atoms with Gasteiger partial charge in [-0.15, -0.1) is 0 Å². The summed E-state index contributed by atoms with van der Waals surface area (Å²) in [6.45, 7) is 2.65. The lowest BCUT2D eigenvalue weighted by molar-refractivity contribution is -0.384. The van der Waals surface area contributed by atoms with Gasteiger partial charge in [0.1, 0.15) is 5.69 Å². The van der Waals surface area contributed by atoms with E-state index in [1.165, 1.54) is 0 Å². The largest absolute Gasteiger partial charge is 0.378 e. The van der Waals surface area contributed by atoms with Crippen LogP contribution < -0.4 is 4.90 Å². The molecular formula is C11H13BrN2O3. The molecule has 0 saturated carbocycles. The first-order valence-electron chi connectivity index (χ1n) is 5.38. The van der Waals surface area contributed by atoms with E-state index >= 15 is 0 Å². The molecule has 5 nitrogen and oxygen atoms in total. The van der Waals surface area contributed by atoms with E-state index in [1.807, 2.05) is 17.0 Å². The number of hydrogen-bond donors (Lipinski definition) is 0. The van der Waals surface area contributed by atoms with E-state index in [0.29, 0.717) is 37.3 Å². The van der Waals surface area contributed by atoms with Crippen molar-refractivity contribution in [2.75, 3.05) is 31.2 Å². The summed E-state index contributed by atoms with van der Waals surface area (Å²) in [5.74, 6) is 0. The van der Waals surface area contributed by atoms with Crippen molar-refractivity contribution in [2.45, 2.75) is 5.33 Å². The zero-order valence-electron chi connectivity index (χ0n) is 9.26. The fourth-order valence-corrected chi connectivity index (χ4v) is 2.22.